The first-order valence-electron chi connectivity index (χ1n) is 5.39. The van der Waals surface area contributed by atoms with Gasteiger partial charge < -0.3 is 10.4 Å². The Morgan fingerprint density at radius 1 is 1.60 bits per heavy atom. The maximum atomic E-state index is 10.9. The summed E-state index contributed by atoms with van der Waals surface area (Å²) in [6.45, 7) is 2.84. The second-order valence-electron chi connectivity index (χ2n) is 3.66. The van der Waals surface area contributed by atoms with Crippen LogP contribution in [0.4, 0.5) is 0 Å². The van der Waals surface area contributed by atoms with E-state index in [4.69, 9.17) is 5.11 Å². The highest BCUT2D eigenvalue weighted by atomic mass is 32.2. The molecule has 0 amide bonds. The SMILES string of the molecule is CCCC(NCC1CSCCS1)C(=O)O. The number of nitrogens with one attached hydrogen (secondary N) is 1. The van der Waals surface area contributed by atoms with E-state index in [1.165, 1.54) is 11.5 Å². The van der Waals surface area contributed by atoms with Gasteiger partial charge in [-0.2, -0.15) is 23.5 Å². The molecule has 0 aromatic heterocycles. The average molecular weight is 249 g/mol. The van der Waals surface area contributed by atoms with Crippen molar-refractivity contribution in [3.05, 3.63) is 0 Å². The van der Waals surface area contributed by atoms with E-state index in [-0.39, 0.29) is 6.04 Å². The summed E-state index contributed by atoms with van der Waals surface area (Å²) in [4.78, 5) is 10.9. The fraction of sp³-hybridized carbons (Fsp3) is 0.900. The van der Waals surface area contributed by atoms with Crippen molar-refractivity contribution >= 4 is 29.5 Å². The summed E-state index contributed by atoms with van der Waals surface area (Å²) in [5, 5.41) is 12.7. The highest BCUT2D eigenvalue weighted by Crippen LogP contribution is 2.23. The molecular formula is C10H19NO2S2. The van der Waals surface area contributed by atoms with Crippen LogP contribution in [0, 0.1) is 0 Å². The second kappa shape index (κ2) is 7.41. The molecule has 1 aliphatic heterocycles. The fourth-order valence-electron chi connectivity index (χ4n) is 1.53. The lowest BCUT2D eigenvalue weighted by Gasteiger charge is -2.23. The maximum absolute atomic E-state index is 10.9. The number of carboxylic acid groups (broad SMARTS) is 1. The topological polar surface area (TPSA) is 49.3 Å². The van der Waals surface area contributed by atoms with Crippen LogP contribution in [-0.2, 0) is 4.79 Å². The molecule has 1 rings (SSSR count). The van der Waals surface area contributed by atoms with Crippen molar-refractivity contribution in [1.29, 1.82) is 0 Å². The Hall–Kier alpha value is 0.130. The molecule has 1 heterocycles. The van der Waals surface area contributed by atoms with E-state index in [0.717, 1.165) is 25.1 Å². The minimum Gasteiger partial charge on any atom is -0.480 e. The van der Waals surface area contributed by atoms with Gasteiger partial charge in [-0.05, 0) is 6.42 Å². The van der Waals surface area contributed by atoms with E-state index in [1.807, 2.05) is 30.4 Å². The zero-order valence-electron chi connectivity index (χ0n) is 9.07. The molecule has 0 spiro atoms. The van der Waals surface area contributed by atoms with Gasteiger partial charge in [-0.25, -0.2) is 0 Å². The number of hydrogen-bond donors (Lipinski definition) is 2. The lowest BCUT2D eigenvalue weighted by atomic mass is 10.1. The number of aliphatic carboxylic acids is 1. The van der Waals surface area contributed by atoms with Gasteiger partial charge in [0.2, 0.25) is 0 Å². The Balaban J connectivity index is 2.22. The number of thioether (sulfide) groups is 2. The van der Waals surface area contributed by atoms with Crippen LogP contribution in [0.3, 0.4) is 0 Å². The zero-order chi connectivity index (χ0) is 11.1. The molecule has 3 nitrogen and oxygen atoms in total. The predicted octanol–water partition coefficient (Wildman–Crippen LogP) is 1.68. The summed E-state index contributed by atoms with van der Waals surface area (Å²) in [6.07, 6.45) is 1.64. The molecule has 0 bridgehead atoms. The Bertz CT molecular complexity index is 196. The van der Waals surface area contributed by atoms with Gasteiger partial charge in [0.1, 0.15) is 6.04 Å². The molecule has 0 saturated carbocycles. The number of carbonyl (C=O) groups is 1. The molecule has 0 aromatic carbocycles. The standard InChI is InChI=1S/C10H19NO2S2/c1-2-3-9(10(12)13)11-6-8-7-14-4-5-15-8/h8-9,11H,2-7H2,1H3,(H,12,13). The van der Waals surface area contributed by atoms with Crippen LogP contribution in [-0.4, -0.2) is 46.2 Å². The quantitative estimate of drug-likeness (QED) is 0.750. The lowest BCUT2D eigenvalue weighted by molar-refractivity contribution is -0.139. The Labute approximate surface area is 99.8 Å². The monoisotopic (exact) mass is 249 g/mol. The summed E-state index contributed by atoms with van der Waals surface area (Å²) in [7, 11) is 0. The van der Waals surface area contributed by atoms with Gasteiger partial charge in [-0.15, -0.1) is 0 Å². The molecule has 2 N–H and O–H groups in total. The third-order valence-corrected chi connectivity index (χ3v) is 5.20. The Morgan fingerprint density at radius 2 is 2.40 bits per heavy atom. The van der Waals surface area contributed by atoms with E-state index < -0.39 is 5.97 Å². The maximum Gasteiger partial charge on any atom is 0.320 e. The van der Waals surface area contributed by atoms with Gasteiger partial charge in [0.25, 0.3) is 0 Å². The van der Waals surface area contributed by atoms with Crippen molar-refractivity contribution < 1.29 is 9.90 Å². The highest BCUT2D eigenvalue weighted by Gasteiger charge is 2.19. The van der Waals surface area contributed by atoms with Gasteiger partial charge in [0.05, 0.1) is 0 Å². The Kier molecular flexibility index (Phi) is 6.52. The van der Waals surface area contributed by atoms with Gasteiger partial charge in [0.15, 0.2) is 0 Å². The molecule has 0 radical (unpaired) electrons. The summed E-state index contributed by atoms with van der Waals surface area (Å²) in [5.41, 5.74) is 0. The molecule has 5 heteroatoms. The zero-order valence-corrected chi connectivity index (χ0v) is 10.7. The molecule has 0 aromatic rings. The third kappa shape index (κ3) is 5.13. The first-order chi connectivity index (χ1) is 7.24. The average Bonchev–Trinajstić information content (AvgIpc) is 2.25. The van der Waals surface area contributed by atoms with Crippen LogP contribution >= 0.6 is 23.5 Å². The van der Waals surface area contributed by atoms with Crippen LogP contribution in [0.25, 0.3) is 0 Å². The van der Waals surface area contributed by atoms with E-state index in [0.29, 0.717) is 5.25 Å². The summed E-state index contributed by atoms with van der Waals surface area (Å²) in [6, 6.07) is -0.359. The molecule has 88 valence electrons. The number of rotatable bonds is 6. The van der Waals surface area contributed by atoms with E-state index in [1.54, 1.807) is 0 Å². The van der Waals surface area contributed by atoms with Crippen LogP contribution in [0.5, 0.6) is 0 Å². The predicted molar refractivity (Wildman–Crippen MR) is 67.9 cm³/mol. The third-order valence-electron chi connectivity index (χ3n) is 2.35. The minimum atomic E-state index is -0.717. The minimum absolute atomic E-state index is 0.359. The highest BCUT2D eigenvalue weighted by molar-refractivity contribution is 8.06. The fourth-order valence-corrected chi connectivity index (χ4v) is 4.15. The summed E-state index contributed by atoms with van der Waals surface area (Å²) >= 11 is 3.93. The van der Waals surface area contributed by atoms with Crippen LogP contribution in [0.1, 0.15) is 19.8 Å². The van der Waals surface area contributed by atoms with Crippen LogP contribution in [0.2, 0.25) is 0 Å². The summed E-state index contributed by atoms with van der Waals surface area (Å²) in [5.74, 6) is 2.86. The molecule has 1 saturated heterocycles. The molecule has 1 aliphatic rings. The van der Waals surface area contributed by atoms with Crippen molar-refractivity contribution in [2.45, 2.75) is 31.1 Å². The summed E-state index contributed by atoms with van der Waals surface area (Å²) < 4.78 is 0. The normalized spacial score (nSPS) is 23.7. The van der Waals surface area contributed by atoms with Gasteiger partial charge in [0, 0.05) is 29.1 Å². The first kappa shape index (κ1) is 13.2. The van der Waals surface area contributed by atoms with Crippen molar-refractivity contribution in [3.63, 3.8) is 0 Å². The van der Waals surface area contributed by atoms with E-state index >= 15 is 0 Å². The second-order valence-corrected chi connectivity index (χ2v) is 6.21. The van der Waals surface area contributed by atoms with Gasteiger partial charge in [-0.1, -0.05) is 13.3 Å². The first-order valence-corrected chi connectivity index (χ1v) is 7.60. The molecule has 2 unspecified atom stereocenters. The van der Waals surface area contributed by atoms with Crippen LogP contribution in [0.15, 0.2) is 0 Å². The largest absolute Gasteiger partial charge is 0.480 e. The Morgan fingerprint density at radius 3 is 2.93 bits per heavy atom. The lowest BCUT2D eigenvalue weighted by Crippen LogP contribution is -2.41. The number of hydrogen-bond acceptors (Lipinski definition) is 4. The van der Waals surface area contributed by atoms with Crippen molar-refractivity contribution in [2.75, 3.05) is 23.8 Å². The molecule has 15 heavy (non-hydrogen) atoms. The molecule has 0 aliphatic carbocycles. The molecular weight excluding hydrogens is 230 g/mol. The number of carboxylic acids is 1. The smallest absolute Gasteiger partial charge is 0.320 e. The van der Waals surface area contributed by atoms with Gasteiger partial charge >= 0.3 is 5.97 Å². The van der Waals surface area contributed by atoms with E-state index in [9.17, 15) is 4.79 Å². The molecule has 1 fully saturated rings. The van der Waals surface area contributed by atoms with Crippen molar-refractivity contribution in [3.8, 4) is 0 Å². The van der Waals surface area contributed by atoms with Crippen LogP contribution < -0.4 is 5.32 Å². The van der Waals surface area contributed by atoms with Crippen molar-refractivity contribution in [2.24, 2.45) is 0 Å². The molecule has 2 atom stereocenters. The van der Waals surface area contributed by atoms with Gasteiger partial charge in [-0.3, -0.25) is 4.79 Å². The van der Waals surface area contributed by atoms with Crippen molar-refractivity contribution in [1.82, 2.24) is 5.32 Å². The van der Waals surface area contributed by atoms with E-state index in [2.05, 4.69) is 5.32 Å².